The van der Waals surface area contributed by atoms with Crippen molar-refractivity contribution in [1.29, 1.82) is 0 Å². The maximum absolute atomic E-state index is 14.1. The Balaban J connectivity index is 2.16. The number of hydrogen-bond donors (Lipinski definition) is 1. The van der Waals surface area contributed by atoms with Crippen molar-refractivity contribution < 1.29 is 13.9 Å². The van der Waals surface area contributed by atoms with Gasteiger partial charge >= 0.3 is 0 Å². The summed E-state index contributed by atoms with van der Waals surface area (Å²) in [4.78, 5) is 3.94. The van der Waals surface area contributed by atoms with Gasteiger partial charge < -0.3 is 5.11 Å². The highest BCUT2D eigenvalue weighted by molar-refractivity contribution is 5.63. The summed E-state index contributed by atoms with van der Waals surface area (Å²) in [5.41, 5.74) is 1.84. The van der Waals surface area contributed by atoms with Crippen LogP contribution in [0.4, 0.5) is 8.78 Å². The summed E-state index contributed by atoms with van der Waals surface area (Å²) < 4.78 is 28.1. The van der Waals surface area contributed by atoms with Gasteiger partial charge in [-0.3, -0.25) is 4.98 Å². The Kier molecular flexibility index (Phi) is 2.73. The summed E-state index contributed by atoms with van der Waals surface area (Å²) in [5, 5.41) is 9.19. The van der Waals surface area contributed by atoms with E-state index in [1.54, 1.807) is 6.07 Å². The van der Waals surface area contributed by atoms with Crippen LogP contribution >= 0.6 is 0 Å². The van der Waals surface area contributed by atoms with Gasteiger partial charge in [0.15, 0.2) is 11.6 Å². The lowest BCUT2D eigenvalue weighted by molar-refractivity contribution is 0.472. The van der Waals surface area contributed by atoms with E-state index in [9.17, 15) is 13.9 Å². The average molecular weight is 261 g/mol. The van der Waals surface area contributed by atoms with Crippen molar-refractivity contribution in [3.05, 3.63) is 47.2 Å². The van der Waals surface area contributed by atoms with Crippen LogP contribution in [-0.4, -0.2) is 10.1 Å². The molecule has 1 heterocycles. The predicted octanol–water partition coefficient (Wildman–Crippen LogP) is 3.47. The Morgan fingerprint density at radius 3 is 2.68 bits per heavy atom. The van der Waals surface area contributed by atoms with Gasteiger partial charge in [0.2, 0.25) is 0 Å². The molecule has 1 aromatic carbocycles. The molecule has 0 amide bonds. The molecule has 4 heteroatoms. The van der Waals surface area contributed by atoms with Crippen LogP contribution in [0, 0.1) is 17.6 Å². The zero-order valence-corrected chi connectivity index (χ0v) is 10.5. The SMILES string of the molecule is CC1Cc2cc(-c3ccc(O)cn3)c(F)c(F)c2C1. The normalized spacial score (nSPS) is 17.5. The number of fused-ring (bicyclic) bond motifs is 1. The lowest BCUT2D eigenvalue weighted by atomic mass is 10.0. The molecule has 0 fully saturated rings. The van der Waals surface area contributed by atoms with Gasteiger partial charge in [-0.1, -0.05) is 6.92 Å². The third kappa shape index (κ3) is 1.97. The average Bonchev–Trinajstić information content (AvgIpc) is 2.76. The second-order valence-corrected chi connectivity index (χ2v) is 5.10. The molecule has 1 aliphatic carbocycles. The topological polar surface area (TPSA) is 33.1 Å². The number of aromatic hydroxyl groups is 1. The van der Waals surface area contributed by atoms with E-state index < -0.39 is 11.6 Å². The maximum Gasteiger partial charge on any atom is 0.168 e. The van der Waals surface area contributed by atoms with Gasteiger partial charge in [-0.2, -0.15) is 0 Å². The molecule has 19 heavy (non-hydrogen) atoms. The van der Waals surface area contributed by atoms with Gasteiger partial charge in [-0.15, -0.1) is 0 Å². The standard InChI is InChI=1S/C15H13F2NO/c1-8-4-9-6-12(13-3-2-10(19)7-18-13)15(17)14(16)11(9)5-8/h2-3,6-8,19H,4-5H2,1H3. The van der Waals surface area contributed by atoms with Crippen molar-refractivity contribution in [3.63, 3.8) is 0 Å². The molecule has 98 valence electrons. The van der Waals surface area contributed by atoms with E-state index in [-0.39, 0.29) is 11.3 Å². The minimum atomic E-state index is -0.856. The van der Waals surface area contributed by atoms with E-state index in [0.29, 0.717) is 23.6 Å². The van der Waals surface area contributed by atoms with E-state index in [1.165, 1.54) is 18.3 Å². The minimum absolute atomic E-state index is 0.000544. The van der Waals surface area contributed by atoms with E-state index in [4.69, 9.17) is 0 Å². The molecule has 0 bridgehead atoms. The number of hydrogen-bond acceptors (Lipinski definition) is 2. The fourth-order valence-corrected chi connectivity index (χ4v) is 2.65. The lowest BCUT2D eigenvalue weighted by Gasteiger charge is -2.08. The van der Waals surface area contributed by atoms with Crippen molar-refractivity contribution in [1.82, 2.24) is 4.98 Å². The molecular weight excluding hydrogens is 248 g/mol. The Hall–Kier alpha value is -1.97. The number of nitrogens with zero attached hydrogens (tertiary/aromatic N) is 1. The molecule has 1 N–H and O–H groups in total. The van der Waals surface area contributed by atoms with E-state index in [2.05, 4.69) is 4.98 Å². The molecule has 1 aliphatic rings. The first-order chi connectivity index (χ1) is 9.06. The Labute approximate surface area is 109 Å². The molecular formula is C15H13F2NO. The molecule has 0 saturated carbocycles. The molecule has 0 aliphatic heterocycles. The second kappa shape index (κ2) is 4.30. The quantitative estimate of drug-likeness (QED) is 0.852. The summed E-state index contributed by atoms with van der Waals surface area (Å²) in [5.74, 6) is -1.27. The van der Waals surface area contributed by atoms with Crippen molar-refractivity contribution in [2.75, 3.05) is 0 Å². The molecule has 0 spiro atoms. The van der Waals surface area contributed by atoms with Crippen molar-refractivity contribution >= 4 is 0 Å². The smallest absolute Gasteiger partial charge is 0.168 e. The molecule has 2 nitrogen and oxygen atoms in total. The molecule has 1 atom stereocenters. The highest BCUT2D eigenvalue weighted by atomic mass is 19.2. The van der Waals surface area contributed by atoms with E-state index in [1.807, 2.05) is 6.92 Å². The van der Waals surface area contributed by atoms with Gasteiger partial charge in [-0.25, -0.2) is 8.78 Å². The van der Waals surface area contributed by atoms with Crippen LogP contribution < -0.4 is 0 Å². The molecule has 1 aromatic heterocycles. The molecule has 1 unspecified atom stereocenters. The number of rotatable bonds is 1. The first kappa shape index (κ1) is 12.1. The Morgan fingerprint density at radius 2 is 2.00 bits per heavy atom. The first-order valence-electron chi connectivity index (χ1n) is 6.21. The molecule has 3 rings (SSSR count). The van der Waals surface area contributed by atoms with Crippen LogP contribution in [0.25, 0.3) is 11.3 Å². The van der Waals surface area contributed by atoms with E-state index >= 15 is 0 Å². The summed E-state index contributed by atoms with van der Waals surface area (Å²) in [6, 6.07) is 4.57. The largest absolute Gasteiger partial charge is 0.506 e. The number of aromatic nitrogens is 1. The van der Waals surface area contributed by atoms with Gasteiger partial charge in [0.05, 0.1) is 11.9 Å². The summed E-state index contributed by atoms with van der Waals surface area (Å²) in [7, 11) is 0. The molecule has 2 aromatic rings. The lowest BCUT2D eigenvalue weighted by Crippen LogP contribution is -1.98. The van der Waals surface area contributed by atoms with Crippen LogP contribution in [-0.2, 0) is 12.8 Å². The van der Waals surface area contributed by atoms with Gasteiger partial charge in [0.1, 0.15) is 5.75 Å². The number of halogens is 2. The minimum Gasteiger partial charge on any atom is -0.506 e. The van der Waals surface area contributed by atoms with Crippen LogP contribution in [0.5, 0.6) is 5.75 Å². The van der Waals surface area contributed by atoms with Crippen LogP contribution in [0.1, 0.15) is 18.1 Å². The zero-order valence-electron chi connectivity index (χ0n) is 10.5. The third-order valence-corrected chi connectivity index (χ3v) is 3.55. The van der Waals surface area contributed by atoms with Crippen molar-refractivity contribution in [2.45, 2.75) is 19.8 Å². The maximum atomic E-state index is 14.1. The Bertz CT molecular complexity index is 638. The van der Waals surface area contributed by atoms with Crippen molar-refractivity contribution in [3.8, 4) is 17.0 Å². The second-order valence-electron chi connectivity index (χ2n) is 5.10. The monoisotopic (exact) mass is 261 g/mol. The van der Waals surface area contributed by atoms with Gasteiger partial charge in [0.25, 0.3) is 0 Å². The molecule has 0 radical (unpaired) electrons. The van der Waals surface area contributed by atoms with Crippen LogP contribution in [0.2, 0.25) is 0 Å². The zero-order chi connectivity index (χ0) is 13.6. The highest BCUT2D eigenvalue weighted by Gasteiger charge is 2.26. The fourth-order valence-electron chi connectivity index (χ4n) is 2.65. The summed E-state index contributed by atoms with van der Waals surface area (Å²) >= 11 is 0. The van der Waals surface area contributed by atoms with Crippen LogP contribution in [0.3, 0.4) is 0 Å². The summed E-state index contributed by atoms with van der Waals surface area (Å²) in [6.07, 6.45) is 2.57. The Morgan fingerprint density at radius 1 is 1.21 bits per heavy atom. The summed E-state index contributed by atoms with van der Waals surface area (Å²) in [6.45, 7) is 2.02. The number of benzene rings is 1. The molecule has 0 saturated heterocycles. The van der Waals surface area contributed by atoms with Gasteiger partial charge in [0, 0.05) is 5.56 Å². The van der Waals surface area contributed by atoms with Gasteiger partial charge in [-0.05, 0) is 48.1 Å². The predicted molar refractivity (Wildman–Crippen MR) is 67.8 cm³/mol. The number of pyridine rings is 1. The van der Waals surface area contributed by atoms with E-state index in [0.717, 1.165) is 12.0 Å². The fraction of sp³-hybridized carbons (Fsp3) is 0.267. The van der Waals surface area contributed by atoms with Crippen LogP contribution in [0.15, 0.2) is 24.4 Å². The highest BCUT2D eigenvalue weighted by Crippen LogP contribution is 2.35. The first-order valence-corrected chi connectivity index (χ1v) is 6.21. The van der Waals surface area contributed by atoms with Crippen molar-refractivity contribution in [2.24, 2.45) is 5.92 Å². The third-order valence-electron chi connectivity index (χ3n) is 3.55.